The van der Waals surface area contributed by atoms with Crippen LogP contribution < -0.4 is 10.1 Å². The lowest BCUT2D eigenvalue weighted by atomic mass is 10.1. The van der Waals surface area contributed by atoms with Gasteiger partial charge in [0.25, 0.3) is 5.91 Å². The van der Waals surface area contributed by atoms with E-state index in [-0.39, 0.29) is 5.91 Å². The number of carbonyl (C=O) groups excluding carboxylic acids is 1. The Morgan fingerprint density at radius 3 is 2.65 bits per heavy atom. The molecule has 0 saturated heterocycles. The molecule has 0 aliphatic rings. The minimum absolute atomic E-state index is 0.330. The summed E-state index contributed by atoms with van der Waals surface area (Å²) in [5.74, 6) is 0.566. The smallest absolute Gasteiger partial charge is 0.259 e. The van der Waals surface area contributed by atoms with E-state index in [1.165, 1.54) is 7.11 Å². The van der Waals surface area contributed by atoms with Crippen LogP contribution in [0.5, 0.6) is 5.75 Å². The van der Waals surface area contributed by atoms with Crippen LogP contribution in [-0.2, 0) is 0 Å². The Morgan fingerprint density at radius 2 is 1.87 bits per heavy atom. The van der Waals surface area contributed by atoms with Gasteiger partial charge in [-0.2, -0.15) is 0 Å². The van der Waals surface area contributed by atoms with Crippen molar-refractivity contribution in [2.24, 2.45) is 0 Å². The van der Waals surface area contributed by atoms with Gasteiger partial charge in [-0.15, -0.1) is 0 Å². The Kier molecular flexibility index (Phi) is 4.76. The van der Waals surface area contributed by atoms with E-state index in [0.717, 1.165) is 10.8 Å². The van der Waals surface area contributed by atoms with Crippen LogP contribution in [0.25, 0.3) is 33.3 Å². The van der Waals surface area contributed by atoms with E-state index in [4.69, 9.17) is 20.8 Å². The Morgan fingerprint density at radius 1 is 1.06 bits per heavy atom. The number of carbonyl (C=O) groups is 1. The number of rotatable bonds is 4. The molecule has 0 radical (unpaired) electrons. The molecule has 0 unspecified atom stereocenters. The number of aromatic nitrogens is 2. The van der Waals surface area contributed by atoms with Crippen LogP contribution in [-0.4, -0.2) is 23.0 Å². The second-order valence-corrected chi connectivity index (χ2v) is 7.32. The molecule has 1 N–H and O–H groups in total. The number of oxazole rings is 1. The van der Waals surface area contributed by atoms with Crippen molar-refractivity contribution >= 4 is 45.1 Å². The van der Waals surface area contributed by atoms with Crippen molar-refractivity contribution in [3.63, 3.8) is 0 Å². The van der Waals surface area contributed by atoms with E-state index in [1.54, 1.807) is 42.7 Å². The summed E-state index contributed by atoms with van der Waals surface area (Å²) in [6.07, 6.45) is 3.27. The van der Waals surface area contributed by atoms with E-state index >= 15 is 0 Å². The van der Waals surface area contributed by atoms with Gasteiger partial charge < -0.3 is 14.5 Å². The normalized spacial score (nSPS) is 11.0. The molecule has 2 heterocycles. The Bertz CT molecular complexity index is 1410. The maximum absolute atomic E-state index is 13.1. The molecule has 0 atom stereocenters. The Hall–Kier alpha value is -3.90. The summed E-state index contributed by atoms with van der Waals surface area (Å²) in [4.78, 5) is 21.6. The summed E-state index contributed by atoms with van der Waals surface area (Å²) < 4.78 is 11.2. The number of hydrogen-bond acceptors (Lipinski definition) is 5. The number of benzene rings is 3. The van der Waals surface area contributed by atoms with Crippen molar-refractivity contribution < 1.29 is 13.9 Å². The molecule has 2 aromatic heterocycles. The molecule has 6 nitrogen and oxygen atoms in total. The number of hydrogen-bond donors (Lipinski definition) is 1. The van der Waals surface area contributed by atoms with Gasteiger partial charge in [-0.1, -0.05) is 35.9 Å². The van der Waals surface area contributed by atoms with E-state index in [9.17, 15) is 4.79 Å². The summed E-state index contributed by atoms with van der Waals surface area (Å²) in [7, 11) is 1.54. The van der Waals surface area contributed by atoms with Crippen molar-refractivity contribution in [1.82, 2.24) is 9.97 Å². The lowest BCUT2D eigenvalue weighted by Gasteiger charge is -2.12. The molecule has 0 fully saturated rings. The molecule has 5 rings (SSSR count). The number of nitrogens with zero attached hydrogens (tertiary/aromatic N) is 2. The van der Waals surface area contributed by atoms with Gasteiger partial charge in [0, 0.05) is 17.8 Å². The lowest BCUT2D eigenvalue weighted by Crippen LogP contribution is -2.13. The minimum Gasteiger partial charge on any atom is -0.496 e. The highest BCUT2D eigenvalue weighted by molar-refractivity contribution is 6.34. The molecule has 0 saturated carbocycles. The first-order valence-corrected chi connectivity index (χ1v) is 9.89. The van der Waals surface area contributed by atoms with E-state index < -0.39 is 0 Å². The minimum atomic E-state index is -0.330. The van der Waals surface area contributed by atoms with Crippen molar-refractivity contribution in [2.45, 2.75) is 0 Å². The molecular weight excluding hydrogens is 414 g/mol. The van der Waals surface area contributed by atoms with Crippen LogP contribution in [0.1, 0.15) is 10.4 Å². The molecule has 7 heteroatoms. The summed E-state index contributed by atoms with van der Waals surface area (Å²) in [5.41, 5.74) is 2.82. The fraction of sp³-hybridized carbons (Fsp3) is 0.0417. The van der Waals surface area contributed by atoms with Gasteiger partial charge in [0.15, 0.2) is 5.58 Å². The van der Waals surface area contributed by atoms with Crippen molar-refractivity contribution in [3.05, 3.63) is 83.6 Å². The average molecular weight is 430 g/mol. The van der Waals surface area contributed by atoms with Gasteiger partial charge in [-0.3, -0.25) is 9.78 Å². The molecule has 5 aromatic rings. The predicted molar refractivity (Wildman–Crippen MR) is 121 cm³/mol. The van der Waals surface area contributed by atoms with Gasteiger partial charge in [-0.25, -0.2) is 4.98 Å². The maximum Gasteiger partial charge on any atom is 0.259 e. The van der Waals surface area contributed by atoms with E-state index in [1.807, 2.05) is 30.3 Å². The molecule has 0 spiro atoms. The van der Waals surface area contributed by atoms with E-state index in [0.29, 0.717) is 44.6 Å². The average Bonchev–Trinajstić information content (AvgIpc) is 3.24. The zero-order valence-corrected chi connectivity index (χ0v) is 17.2. The zero-order valence-electron chi connectivity index (χ0n) is 16.4. The first-order chi connectivity index (χ1) is 15.1. The SMILES string of the molecule is COc1cc2ccccc2cc1C(=O)Nc1cc(-c2nc3cnccc3o2)ccc1Cl. The Labute approximate surface area is 182 Å². The molecule has 0 bridgehead atoms. The summed E-state index contributed by atoms with van der Waals surface area (Å²) in [6, 6.07) is 18.4. The molecule has 0 aliphatic heterocycles. The van der Waals surface area contributed by atoms with Gasteiger partial charge >= 0.3 is 0 Å². The molecule has 3 aromatic carbocycles. The monoisotopic (exact) mass is 429 g/mol. The van der Waals surface area contributed by atoms with Crippen LogP contribution in [0.15, 0.2) is 77.5 Å². The number of ether oxygens (including phenoxy) is 1. The number of amides is 1. The quantitative estimate of drug-likeness (QED) is 0.381. The van der Waals surface area contributed by atoms with Crippen LogP contribution >= 0.6 is 11.6 Å². The summed E-state index contributed by atoms with van der Waals surface area (Å²) in [6.45, 7) is 0. The number of fused-ring (bicyclic) bond motifs is 2. The fourth-order valence-corrected chi connectivity index (χ4v) is 3.58. The second kappa shape index (κ2) is 7.74. The van der Waals surface area contributed by atoms with Crippen LogP contribution in [0.4, 0.5) is 5.69 Å². The Balaban J connectivity index is 1.50. The van der Waals surface area contributed by atoms with E-state index in [2.05, 4.69) is 15.3 Å². The van der Waals surface area contributed by atoms with Crippen LogP contribution in [0.2, 0.25) is 5.02 Å². The van der Waals surface area contributed by atoms with Gasteiger partial charge in [0.05, 0.1) is 29.6 Å². The van der Waals surface area contributed by atoms with Gasteiger partial charge in [0.2, 0.25) is 5.89 Å². The van der Waals surface area contributed by atoms with Gasteiger partial charge in [-0.05, 0) is 41.1 Å². The second-order valence-electron chi connectivity index (χ2n) is 6.91. The number of methoxy groups -OCH3 is 1. The zero-order chi connectivity index (χ0) is 21.4. The van der Waals surface area contributed by atoms with Crippen molar-refractivity contribution in [2.75, 3.05) is 12.4 Å². The first kappa shape index (κ1) is 19.1. The summed E-state index contributed by atoms with van der Waals surface area (Å²) in [5, 5.41) is 5.20. The predicted octanol–water partition coefficient (Wildman–Crippen LogP) is 5.96. The van der Waals surface area contributed by atoms with Crippen LogP contribution in [0, 0.1) is 0 Å². The topological polar surface area (TPSA) is 77.2 Å². The third-order valence-corrected chi connectivity index (χ3v) is 5.29. The largest absolute Gasteiger partial charge is 0.496 e. The van der Waals surface area contributed by atoms with Crippen molar-refractivity contribution in [1.29, 1.82) is 0 Å². The molecule has 1 amide bonds. The fourth-order valence-electron chi connectivity index (χ4n) is 3.41. The third kappa shape index (κ3) is 3.58. The number of pyridine rings is 1. The molecule has 31 heavy (non-hydrogen) atoms. The highest BCUT2D eigenvalue weighted by Gasteiger charge is 2.17. The number of halogens is 1. The molecule has 152 valence electrons. The number of nitrogens with one attached hydrogen (secondary N) is 1. The van der Waals surface area contributed by atoms with Gasteiger partial charge in [0.1, 0.15) is 11.3 Å². The first-order valence-electron chi connectivity index (χ1n) is 9.51. The summed E-state index contributed by atoms with van der Waals surface area (Å²) >= 11 is 6.36. The molecular formula is C24H16ClN3O3. The molecule has 0 aliphatic carbocycles. The highest BCUT2D eigenvalue weighted by Crippen LogP contribution is 2.32. The maximum atomic E-state index is 13.1. The number of anilines is 1. The third-order valence-electron chi connectivity index (χ3n) is 4.96. The standard InChI is InChI=1S/C24H16ClN3O3/c1-30-22-12-15-5-3-2-4-14(15)10-17(22)23(29)27-19-11-16(6-7-18(19)25)24-28-20-13-26-9-8-21(20)31-24/h2-13H,1H3,(H,27,29). The highest BCUT2D eigenvalue weighted by atomic mass is 35.5. The van der Waals surface area contributed by atoms with Crippen LogP contribution in [0.3, 0.4) is 0 Å². The lowest BCUT2D eigenvalue weighted by molar-refractivity contribution is 0.102. The van der Waals surface area contributed by atoms with Crippen molar-refractivity contribution in [3.8, 4) is 17.2 Å².